The normalized spacial score (nSPS) is 16.4. The topological polar surface area (TPSA) is 66.9 Å². The Labute approximate surface area is 218 Å². The number of nitrogens with zero attached hydrogens (tertiary/aromatic N) is 2. The molecule has 35 heavy (non-hydrogen) atoms. The SMILES string of the molecule is Cl.Cl.O=C(NC(c1cccc(-c2cccnc2)c1)[C@@H]1CCCCN1)c1nccc(C(F)(F)F)c1Cl. The average molecular weight is 548 g/mol. The van der Waals surface area contributed by atoms with Crippen molar-refractivity contribution in [2.75, 3.05) is 6.54 Å². The Morgan fingerprint density at radius 1 is 1.09 bits per heavy atom. The van der Waals surface area contributed by atoms with E-state index in [1.165, 1.54) is 0 Å². The fourth-order valence-electron chi connectivity index (χ4n) is 4.06. The van der Waals surface area contributed by atoms with Crippen molar-refractivity contribution in [1.29, 1.82) is 0 Å². The van der Waals surface area contributed by atoms with Crippen LogP contribution in [0.1, 0.15) is 46.9 Å². The minimum atomic E-state index is -4.68. The lowest BCUT2D eigenvalue weighted by molar-refractivity contribution is -0.137. The first-order chi connectivity index (χ1) is 15.8. The second-order valence-electron chi connectivity index (χ2n) is 7.89. The number of alkyl halides is 3. The molecule has 1 saturated heterocycles. The number of carbonyl (C=O) groups excluding carboxylic acids is 1. The molecule has 0 radical (unpaired) electrons. The van der Waals surface area contributed by atoms with E-state index >= 15 is 0 Å². The van der Waals surface area contributed by atoms with Gasteiger partial charge in [0, 0.05) is 24.6 Å². The van der Waals surface area contributed by atoms with E-state index in [9.17, 15) is 18.0 Å². The van der Waals surface area contributed by atoms with Gasteiger partial charge in [-0.1, -0.05) is 42.3 Å². The van der Waals surface area contributed by atoms with E-state index in [1.807, 2.05) is 36.4 Å². The summed E-state index contributed by atoms with van der Waals surface area (Å²) < 4.78 is 39.8. The molecule has 0 saturated carbocycles. The molecular weight excluding hydrogens is 524 g/mol. The van der Waals surface area contributed by atoms with E-state index in [0.29, 0.717) is 0 Å². The standard InChI is InChI=1S/C24H22ClF3N4O.2ClH/c25-20-18(24(26,27)28)9-12-31-22(20)23(33)32-21(19-8-1-2-11-30-19)16-6-3-5-15(13-16)17-7-4-10-29-14-17;;/h3-7,9-10,12-14,19,21,30H,1-2,8,11H2,(H,32,33);2*1H/t19-,21?;;/m0../s1. The highest BCUT2D eigenvalue weighted by molar-refractivity contribution is 6.34. The number of pyridine rings is 2. The summed E-state index contributed by atoms with van der Waals surface area (Å²) in [6.45, 7) is 0.794. The van der Waals surface area contributed by atoms with Gasteiger partial charge in [-0.2, -0.15) is 13.2 Å². The lowest BCUT2D eigenvalue weighted by Crippen LogP contribution is -2.46. The summed E-state index contributed by atoms with van der Waals surface area (Å²) in [5.74, 6) is -0.754. The number of carbonyl (C=O) groups is 1. The van der Waals surface area contributed by atoms with Gasteiger partial charge in [-0.25, -0.2) is 4.98 Å². The number of hydrogen-bond acceptors (Lipinski definition) is 4. The summed E-state index contributed by atoms with van der Waals surface area (Å²) >= 11 is 5.94. The van der Waals surface area contributed by atoms with Crippen LogP contribution in [0.5, 0.6) is 0 Å². The van der Waals surface area contributed by atoms with Crippen molar-refractivity contribution in [2.24, 2.45) is 0 Å². The minimum absolute atomic E-state index is 0. The van der Waals surface area contributed by atoms with Gasteiger partial charge in [-0.15, -0.1) is 24.8 Å². The highest BCUT2D eigenvalue weighted by Crippen LogP contribution is 2.36. The van der Waals surface area contributed by atoms with E-state index < -0.39 is 34.4 Å². The first-order valence-corrected chi connectivity index (χ1v) is 11.0. The molecular formula is C24H24Cl3F3N4O. The Balaban J connectivity index is 0.00000216. The van der Waals surface area contributed by atoms with Crippen LogP contribution in [0.3, 0.4) is 0 Å². The Hall–Kier alpha value is -2.39. The maximum atomic E-state index is 13.3. The van der Waals surface area contributed by atoms with Crippen LogP contribution in [-0.2, 0) is 6.18 Å². The van der Waals surface area contributed by atoms with Crippen LogP contribution in [-0.4, -0.2) is 28.5 Å². The van der Waals surface area contributed by atoms with Gasteiger partial charge in [0.05, 0.1) is 16.6 Å². The van der Waals surface area contributed by atoms with E-state index in [1.54, 1.807) is 12.4 Å². The van der Waals surface area contributed by atoms with Gasteiger partial charge in [-0.05, 0) is 54.3 Å². The molecule has 1 fully saturated rings. The van der Waals surface area contributed by atoms with E-state index in [2.05, 4.69) is 20.6 Å². The average Bonchev–Trinajstić information content (AvgIpc) is 2.83. The van der Waals surface area contributed by atoms with Gasteiger partial charge in [0.25, 0.3) is 5.91 Å². The number of hydrogen-bond donors (Lipinski definition) is 2. The Morgan fingerprint density at radius 2 is 1.86 bits per heavy atom. The molecule has 4 rings (SSSR count). The summed E-state index contributed by atoms with van der Waals surface area (Å²) in [6.07, 6.45) is 2.51. The number of halogens is 6. The van der Waals surface area contributed by atoms with Crippen molar-refractivity contribution in [3.05, 3.63) is 82.9 Å². The Bertz CT molecular complexity index is 1130. The fraction of sp³-hybridized carbons (Fsp3) is 0.292. The van der Waals surface area contributed by atoms with Crippen LogP contribution in [0.2, 0.25) is 5.02 Å². The lowest BCUT2D eigenvalue weighted by Gasteiger charge is -2.32. The largest absolute Gasteiger partial charge is 0.417 e. The maximum absolute atomic E-state index is 13.3. The van der Waals surface area contributed by atoms with Crippen LogP contribution in [0.4, 0.5) is 13.2 Å². The molecule has 1 aromatic carbocycles. The summed E-state index contributed by atoms with van der Waals surface area (Å²) in [4.78, 5) is 21.1. The number of benzene rings is 1. The van der Waals surface area contributed by atoms with Crippen molar-refractivity contribution in [3.8, 4) is 11.1 Å². The molecule has 0 aliphatic carbocycles. The molecule has 1 amide bonds. The molecule has 0 bridgehead atoms. The van der Waals surface area contributed by atoms with Gasteiger partial charge < -0.3 is 10.6 Å². The highest BCUT2D eigenvalue weighted by Gasteiger charge is 2.36. The predicted octanol–water partition coefficient (Wildman–Crippen LogP) is 6.27. The smallest absolute Gasteiger partial charge is 0.342 e. The monoisotopic (exact) mass is 546 g/mol. The highest BCUT2D eigenvalue weighted by atomic mass is 35.5. The van der Waals surface area contributed by atoms with Gasteiger partial charge in [0.2, 0.25) is 0 Å². The zero-order chi connectivity index (χ0) is 23.4. The van der Waals surface area contributed by atoms with Crippen molar-refractivity contribution in [1.82, 2.24) is 20.6 Å². The molecule has 3 aromatic rings. The van der Waals surface area contributed by atoms with E-state index in [4.69, 9.17) is 11.6 Å². The molecule has 2 N–H and O–H groups in total. The van der Waals surface area contributed by atoms with Crippen molar-refractivity contribution >= 4 is 42.3 Å². The quantitative estimate of drug-likeness (QED) is 0.395. The summed E-state index contributed by atoms with van der Waals surface area (Å²) in [7, 11) is 0. The Kier molecular flexibility index (Phi) is 10.3. The molecule has 3 heterocycles. The molecule has 2 aromatic heterocycles. The Morgan fingerprint density at radius 3 is 2.51 bits per heavy atom. The summed E-state index contributed by atoms with van der Waals surface area (Å²) in [5, 5.41) is 5.60. The number of rotatable bonds is 5. The zero-order valence-electron chi connectivity index (χ0n) is 18.4. The molecule has 0 spiro atoms. The summed E-state index contributed by atoms with van der Waals surface area (Å²) in [6, 6.07) is 11.6. The minimum Gasteiger partial charge on any atom is -0.342 e. The van der Waals surface area contributed by atoms with Crippen LogP contribution >= 0.6 is 36.4 Å². The molecule has 11 heteroatoms. The van der Waals surface area contributed by atoms with E-state index in [0.717, 1.165) is 54.8 Å². The summed E-state index contributed by atoms with van der Waals surface area (Å²) in [5.41, 5.74) is 1.13. The third-order valence-electron chi connectivity index (χ3n) is 5.69. The van der Waals surface area contributed by atoms with Crippen LogP contribution in [0.25, 0.3) is 11.1 Å². The number of piperidine rings is 1. The van der Waals surface area contributed by atoms with Crippen LogP contribution in [0.15, 0.2) is 61.1 Å². The van der Waals surface area contributed by atoms with E-state index in [-0.39, 0.29) is 30.9 Å². The molecule has 1 unspecified atom stereocenters. The lowest BCUT2D eigenvalue weighted by atomic mass is 9.91. The van der Waals surface area contributed by atoms with Crippen LogP contribution < -0.4 is 10.6 Å². The third-order valence-corrected chi connectivity index (χ3v) is 6.07. The molecule has 1 aliphatic rings. The third kappa shape index (κ3) is 6.85. The first-order valence-electron chi connectivity index (χ1n) is 10.6. The second kappa shape index (κ2) is 12.5. The fourth-order valence-corrected chi connectivity index (χ4v) is 4.36. The van der Waals surface area contributed by atoms with Crippen molar-refractivity contribution in [3.63, 3.8) is 0 Å². The van der Waals surface area contributed by atoms with Gasteiger partial charge in [0.1, 0.15) is 5.69 Å². The zero-order valence-corrected chi connectivity index (χ0v) is 20.8. The van der Waals surface area contributed by atoms with Gasteiger partial charge in [0.15, 0.2) is 0 Å². The maximum Gasteiger partial charge on any atom is 0.417 e. The van der Waals surface area contributed by atoms with Gasteiger partial charge >= 0.3 is 6.18 Å². The molecule has 1 aliphatic heterocycles. The molecule has 2 atom stereocenters. The van der Waals surface area contributed by atoms with Crippen molar-refractivity contribution in [2.45, 2.75) is 37.5 Å². The van der Waals surface area contributed by atoms with Crippen molar-refractivity contribution < 1.29 is 18.0 Å². The molecule has 188 valence electrons. The predicted molar refractivity (Wildman–Crippen MR) is 134 cm³/mol. The number of nitrogens with one attached hydrogen (secondary N) is 2. The molecule has 5 nitrogen and oxygen atoms in total. The number of aromatic nitrogens is 2. The first kappa shape index (κ1) is 28.8. The van der Waals surface area contributed by atoms with Crippen LogP contribution in [0, 0.1) is 0 Å². The number of amides is 1. The second-order valence-corrected chi connectivity index (χ2v) is 8.27. The van der Waals surface area contributed by atoms with Gasteiger partial charge in [-0.3, -0.25) is 9.78 Å².